The average Bonchev–Trinajstić information content (AvgIpc) is 2.98. The molecule has 0 aromatic heterocycles. The van der Waals surface area contributed by atoms with Crippen LogP contribution in [0.5, 0.6) is 11.5 Å². The third-order valence-corrected chi connectivity index (χ3v) is 6.86. The maximum Gasteiger partial charge on any atom is 0.255 e. The van der Waals surface area contributed by atoms with Gasteiger partial charge in [0.15, 0.2) is 11.5 Å². The van der Waals surface area contributed by atoms with Crippen LogP contribution in [0, 0.1) is 0 Å². The molecule has 1 amide bonds. The zero-order valence-corrected chi connectivity index (χ0v) is 16.2. The zero-order valence-electron chi connectivity index (χ0n) is 15.4. The van der Waals surface area contributed by atoms with E-state index in [0.29, 0.717) is 35.8 Å². The fraction of sp³-hybridized carbons (Fsp3) is 0.350. The van der Waals surface area contributed by atoms with E-state index in [1.165, 1.54) is 24.3 Å². The minimum absolute atomic E-state index is 0.166. The van der Waals surface area contributed by atoms with Crippen molar-refractivity contribution in [2.45, 2.75) is 30.6 Å². The lowest BCUT2D eigenvalue weighted by molar-refractivity contribution is 0.102. The molecule has 2 aromatic carbocycles. The van der Waals surface area contributed by atoms with E-state index in [4.69, 9.17) is 9.47 Å². The maximum absolute atomic E-state index is 12.8. The summed E-state index contributed by atoms with van der Waals surface area (Å²) >= 11 is 0. The number of nitrogens with one attached hydrogen (secondary N) is 1. The second-order valence-electron chi connectivity index (χ2n) is 6.86. The molecular formula is C20H22N2O5S. The minimum atomic E-state index is -3.52. The maximum atomic E-state index is 12.8. The predicted molar refractivity (Wildman–Crippen MR) is 104 cm³/mol. The van der Waals surface area contributed by atoms with Crippen LogP contribution in [0.4, 0.5) is 5.69 Å². The molecule has 0 radical (unpaired) electrons. The molecule has 2 aromatic rings. The second-order valence-corrected chi connectivity index (χ2v) is 8.80. The van der Waals surface area contributed by atoms with Crippen molar-refractivity contribution in [2.75, 3.05) is 25.2 Å². The molecule has 1 N–H and O–H groups in total. The lowest BCUT2D eigenvalue weighted by Gasteiger charge is -2.20. The molecule has 148 valence electrons. The number of ether oxygens (including phenoxy) is 2. The Morgan fingerprint density at radius 3 is 2.29 bits per heavy atom. The van der Waals surface area contributed by atoms with Gasteiger partial charge in [-0.05, 0) is 49.2 Å². The van der Waals surface area contributed by atoms with Crippen LogP contribution in [0.1, 0.15) is 36.0 Å². The highest BCUT2D eigenvalue weighted by Crippen LogP contribution is 2.34. The minimum Gasteiger partial charge on any atom is -0.454 e. The first-order valence-corrected chi connectivity index (χ1v) is 10.8. The highest BCUT2D eigenvalue weighted by Gasteiger charge is 2.25. The van der Waals surface area contributed by atoms with Gasteiger partial charge in [0.1, 0.15) is 0 Å². The normalized spacial score (nSPS) is 17.1. The van der Waals surface area contributed by atoms with Gasteiger partial charge in [-0.1, -0.05) is 12.8 Å². The highest BCUT2D eigenvalue weighted by molar-refractivity contribution is 7.89. The number of anilines is 1. The van der Waals surface area contributed by atoms with E-state index < -0.39 is 10.0 Å². The Kier molecular flexibility index (Phi) is 5.23. The molecule has 0 saturated carbocycles. The summed E-state index contributed by atoms with van der Waals surface area (Å²) in [6, 6.07) is 11.2. The van der Waals surface area contributed by atoms with Crippen molar-refractivity contribution in [2.24, 2.45) is 0 Å². The third kappa shape index (κ3) is 3.83. The van der Waals surface area contributed by atoms with Gasteiger partial charge < -0.3 is 14.8 Å². The van der Waals surface area contributed by atoms with Crippen LogP contribution >= 0.6 is 0 Å². The Morgan fingerprint density at radius 1 is 0.893 bits per heavy atom. The average molecular weight is 402 g/mol. The summed E-state index contributed by atoms with van der Waals surface area (Å²) in [5.41, 5.74) is 0.961. The summed E-state index contributed by atoms with van der Waals surface area (Å²) in [5, 5.41) is 2.78. The SMILES string of the molecule is O=C(Nc1ccc2c(c1)OCO2)c1ccc(S(=O)(=O)N2CCCCCC2)cc1. The van der Waals surface area contributed by atoms with Crippen molar-refractivity contribution >= 4 is 21.6 Å². The molecular weight excluding hydrogens is 380 g/mol. The second kappa shape index (κ2) is 7.81. The molecule has 0 unspecified atom stereocenters. The van der Waals surface area contributed by atoms with Crippen LogP contribution in [-0.2, 0) is 10.0 Å². The summed E-state index contributed by atoms with van der Waals surface area (Å²) in [5.74, 6) is 0.898. The molecule has 0 bridgehead atoms. The van der Waals surface area contributed by atoms with E-state index in [1.807, 2.05) is 0 Å². The molecule has 1 saturated heterocycles. The van der Waals surface area contributed by atoms with Gasteiger partial charge in [-0.3, -0.25) is 4.79 Å². The van der Waals surface area contributed by atoms with Crippen LogP contribution in [0.15, 0.2) is 47.4 Å². The molecule has 7 nitrogen and oxygen atoms in total. The van der Waals surface area contributed by atoms with Crippen molar-refractivity contribution in [3.8, 4) is 11.5 Å². The van der Waals surface area contributed by atoms with Gasteiger partial charge in [-0.25, -0.2) is 8.42 Å². The molecule has 0 spiro atoms. The molecule has 0 atom stereocenters. The fourth-order valence-corrected chi connectivity index (χ4v) is 4.90. The number of fused-ring (bicyclic) bond motifs is 1. The number of amides is 1. The van der Waals surface area contributed by atoms with E-state index in [-0.39, 0.29) is 17.6 Å². The highest BCUT2D eigenvalue weighted by atomic mass is 32.2. The van der Waals surface area contributed by atoms with E-state index >= 15 is 0 Å². The third-order valence-electron chi connectivity index (χ3n) is 4.95. The number of hydrogen-bond acceptors (Lipinski definition) is 5. The Balaban J connectivity index is 1.47. The summed E-state index contributed by atoms with van der Waals surface area (Å²) in [4.78, 5) is 12.7. The van der Waals surface area contributed by atoms with Crippen molar-refractivity contribution < 1.29 is 22.7 Å². The van der Waals surface area contributed by atoms with Gasteiger partial charge in [0.05, 0.1) is 4.90 Å². The Morgan fingerprint density at radius 2 is 1.57 bits per heavy atom. The quantitative estimate of drug-likeness (QED) is 0.849. The monoisotopic (exact) mass is 402 g/mol. The van der Waals surface area contributed by atoms with Crippen LogP contribution in [-0.4, -0.2) is 38.5 Å². The topological polar surface area (TPSA) is 84.9 Å². The largest absolute Gasteiger partial charge is 0.454 e. The van der Waals surface area contributed by atoms with E-state index in [0.717, 1.165) is 25.7 Å². The summed E-state index contributed by atoms with van der Waals surface area (Å²) in [7, 11) is -3.52. The van der Waals surface area contributed by atoms with Crippen LogP contribution in [0.3, 0.4) is 0 Å². The smallest absolute Gasteiger partial charge is 0.255 e. The van der Waals surface area contributed by atoms with Crippen molar-refractivity contribution in [3.05, 3.63) is 48.0 Å². The van der Waals surface area contributed by atoms with Crippen LogP contribution in [0.2, 0.25) is 0 Å². The molecule has 2 heterocycles. The number of carbonyl (C=O) groups excluding carboxylic acids is 1. The summed E-state index contributed by atoms with van der Waals surface area (Å²) < 4.78 is 37.7. The lowest BCUT2D eigenvalue weighted by atomic mass is 10.2. The van der Waals surface area contributed by atoms with Gasteiger partial charge in [0.25, 0.3) is 5.91 Å². The number of hydrogen-bond donors (Lipinski definition) is 1. The Hall–Kier alpha value is -2.58. The number of sulfonamides is 1. The molecule has 0 aliphatic carbocycles. The standard InChI is InChI=1S/C20H22N2O5S/c23-20(21-16-7-10-18-19(13-16)27-14-26-18)15-5-8-17(9-6-15)28(24,25)22-11-3-1-2-4-12-22/h5-10,13H,1-4,11-12,14H2,(H,21,23). The van der Waals surface area contributed by atoms with Gasteiger partial charge in [0.2, 0.25) is 16.8 Å². The molecule has 8 heteroatoms. The van der Waals surface area contributed by atoms with Crippen molar-refractivity contribution in [3.63, 3.8) is 0 Å². The lowest BCUT2D eigenvalue weighted by Crippen LogP contribution is -2.31. The van der Waals surface area contributed by atoms with Gasteiger partial charge in [0, 0.05) is 30.4 Å². The van der Waals surface area contributed by atoms with Gasteiger partial charge >= 0.3 is 0 Å². The van der Waals surface area contributed by atoms with Gasteiger partial charge in [-0.2, -0.15) is 4.31 Å². The first-order chi connectivity index (χ1) is 13.5. The van der Waals surface area contributed by atoms with E-state index in [9.17, 15) is 13.2 Å². The number of nitrogens with zero attached hydrogens (tertiary/aromatic N) is 1. The molecule has 4 rings (SSSR count). The predicted octanol–water partition coefficient (Wildman–Crippen LogP) is 3.23. The molecule has 28 heavy (non-hydrogen) atoms. The number of benzene rings is 2. The van der Waals surface area contributed by atoms with Gasteiger partial charge in [-0.15, -0.1) is 0 Å². The first kappa shape index (κ1) is 18.8. The van der Waals surface area contributed by atoms with E-state index in [2.05, 4.69) is 5.32 Å². The molecule has 2 aliphatic rings. The molecule has 1 fully saturated rings. The number of rotatable bonds is 4. The van der Waals surface area contributed by atoms with Crippen LogP contribution < -0.4 is 14.8 Å². The zero-order chi connectivity index (χ0) is 19.6. The summed E-state index contributed by atoms with van der Waals surface area (Å²) in [6.45, 7) is 1.27. The fourth-order valence-electron chi connectivity index (χ4n) is 3.39. The number of carbonyl (C=O) groups is 1. The first-order valence-electron chi connectivity index (χ1n) is 9.35. The van der Waals surface area contributed by atoms with Crippen LogP contribution in [0.25, 0.3) is 0 Å². The van der Waals surface area contributed by atoms with Crippen molar-refractivity contribution in [1.29, 1.82) is 0 Å². The summed E-state index contributed by atoms with van der Waals surface area (Å²) in [6.07, 6.45) is 3.89. The van der Waals surface area contributed by atoms with Crippen molar-refractivity contribution in [1.82, 2.24) is 4.31 Å². The molecule has 2 aliphatic heterocycles. The Bertz CT molecular complexity index is 965. The Labute approximate surface area is 164 Å². The van der Waals surface area contributed by atoms with E-state index in [1.54, 1.807) is 22.5 Å².